The highest BCUT2D eigenvalue weighted by Crippen LogP contribution is 2.09. The van der Waals surface area contributed by atoms with Crippen LogP contribution in [-0.4, -0.2) is 56.3 Å². The SMILES string of the molecule is CC(CN)CCC(=O)N1CCN(S(N)(=O)=O)CC1. The first-order chi connectivity index (χ1) is 8.34. The molecule has 7 nitrogen and oxygen atoms in total. The molecule has 1 saturated heterocycles. The molecule has 4 N–H and O–H groups in total. The van der Waals surface area contributed by atoms with Gasteiger partial charge in [0.15, 0.2) is 0 Å². The lowest BCUT2D eigenvalue weighted by molar-refractivity contribution is -0.132. The van der Waals surface area contributed by atoms with E-state index >= 15 is 0 Å². The van der Waals surface area contributed by atoms with Crippen LogP contribution in [0.1, 0.15) is 19.8 Å². The minimum atomic E-state index is -3.63. The summed E-state index contributed by atoms with van der Waals surface area (Å²) in [4.78, 5) is 13.5. The second kappa shape index (κ2) is 6.46. The van der Waals surface area contributed by atoms with Gasteiger partial charge in [0.1, 0.15) is 0 Å². The lowest BCUT2D eigenvalue weighted by Crippen LogP contribution is -2.52. The largest absolute Gasteiger partial charge is 0.340 e. The van der Waals surface area contributed by atoms with Crippen LogP contribution in [0.25, 0.3) is 0 Å². The smallest absolute Gasteiger partial charge is 0.277 e. The van der Waals surface area contributed by atoms with Gasteiger partial charge in [0.25, 0.3) is 10.2 Å². The van der Waals surface area contributed by atoms with Gasteiger partial charge < -0.3 is 10.6 Å². The molecule has 1 rings (SSSR count). The molecule has 1 amide bonds. The molecule has 0 aliphatic carbocycles. The van der Waals surface area contributed by atoms with E-state index < -0.39 is 10.2 Å². The molecule has 0 bridgehead atoms. The third-order valence-electron chi connectivity index (χ3n) is 3.20. The summed E-state index contributed by atoms with van der Waals surface area (Å²) in [6.07, 6.45) is 1.23. The van der Waals surface area contributed by atoms with Crippen LogP contribution >= 0.6 is 0 Å². The Morgan fingerprint density at radius 2 is 1.83 bits per heavy atom. The Morgan fingerprint density at radius 1 is 1.28 bits per heavy atom. The summed E-state index contributed by atoms with van der Waals surface area (Å²) in [7, 11) is -3.63. The van der Waals surface area contributed by atoms with E-state index in [1.165, 1.54) is 4.31 Å². The van der Waals surface area contributed by atoms with Gasteiger partial charge in [-0.25, -0.2) is 5.14 Å². The summed E-state index contributed by atoms with van der Waals surface area (Å²) in [5.74, 6) is 0.393. The Bertz CT molecular complexity index is 377. The van der Waals surface area contributed by atoms with E-state index in [0.29, 0.717) is 32.0 Å². The van der Waals surface area contributed by atoms with Crippen molar-refractivity contribution >= 4 is 16.1 Å². The van der Waals surface area contributed by atoms with Gasteiger partial charge >= 0.3 is 0 Å². The van der Waals surface area contributed by atoms with Gasteiger partial charge in [-0.3, -0.25) is 4.79 Å². The predicted molar refractivity (Wildman–Crippen MR) is 68.7 cm³/mol. The molecule has 0 aromatic carbocycles. The second-order valence-electron chi connectivity index (χ2n) is 4.70. The normalized spacial score (nSPS) is 19.8. The van der Waals surface area contributed by atoms with Gasteiger partial charge in [-0.2, -0.15) is 12.7 Å². The van der Waals surface area contributed by atoms with Crippen molar-refractivity contribution in [3.63, 3.8) is 0 Å². The summed E-state index contributed by atoms with van der Waals surface area (Å²) in [6, 6.07) is 0. The number of hydrogen-bond donors (Lipinski definition) is 2. The van der Waals surface area contributed by atoms with Crippen molar-refractivity contribution in [2.24, 2.45) is 16.8 Å². The summed E-state index contributed by atoms with van der Waals surface area (Å²) < 4.78 is 23.4. The molecular weight excluding hydrogens is 256 g/mol. The lowest BCUT2D eigenvalue weighted by Gasteiger charge is -2.33. The molecule has 0 radical (unpaired) electrons. The highest BCUT2D eigenvalue weighted by atomic mass is 32.2. The van der Waals surface area contributed by atoms with Crippen LogP contribution in [0.3, 0.4) is 0 Å². The standard InChI is InChI=1S/C10H22N4O3S/c1-9(8-11)2-3-10(15)13-4-6-14(7-5-13)18(12,16)17/h9H,2-8,11H2,1H3,(H2,12,16,17). The first kappa shape index (κ1) is 15.4. The summed E-state index contributed by atoms with van der Waals surface area (Å²) in [5.41, 5.74) is 5.49. The molecule has 8 heteroatoms. The molecule has 18 heavy (non-hydrogen) atoms. The molecule has 1 atom stereocenters. The van der Waals surface area contributed by atoms with Crippen molar-refractivity contribution in [2.75, 3.05) is 32.7 Å². The fourth-order valence-electron chi connectivity index (χ4n) is 1.84. The van der Waals surface area contributed by atoms with Gasteiger partial charge in [0.05, 0.1) is 0 Å². The Morgan fingerprint density at radius 3 is 2.28 bits per heavy atom. The topological polar surface area (TPSA) is 110 Å². The van der Waals surface area contributed by atoms with E-state index in [2.05, 4.69) is 0 Å². The van der Waals surface area contributed by atoms with Crippen molar-refractivity contribution < 1.29 is 13.2 Å². The van der Waals surface area contributed by atoms with E-state index in [4.69, 9.17) is 10.9 Å². The van der Waals surface area contributed by atoms with Gasteiger partial charge in [-0.05, 0) is 18.9 Å². The monoisotopic (exact) mass is 278 g/mol. The Balaban J connectivity index is 2.36. The van der Waals surface area contributed by atoms with E-state index in [9.17, 15) is 13.2 Å². The predicted octanol–water partition coefficient (Wildman–Crippen LogP) is -1.29. The maximum atomic E-state index is 11.9. The molecule has 0 aromatic heterocycles. The van der Waals surface area contributed by atoms with Gasteiger partial charge in [-0.1, -0.05) is 6.92 Å². The lowest BCUT2D eigenvalue weighted by atomic mass is 10.1. The van der Waals surface area contributed by atoms with Crippen LogP contribution in [0.15, 0.2) is 0 Å². The molecule has 0 spiro atoms. The number of nitrogens with two attached hydrogens (primary N) is 2. The van der Waals surface area contributed by atoms with Crippen molar-refractivity contribution in [2.45, 2.75) is 19.8 Å². The zero-order chi connectivity index (χ0) is 13.8. The quantitative estimate of drug-likeness (QED) is 0.652. The summed E-state index contributed by atoms with van der Waals surface area (Å²) in [5, 5.41) is 5.03. The number of amides is 1. The Labute approximate surface area is 108 Å². The molecule has 0 saturated carbocycles. The highest BCUT2D eigenvalue weighted by molar-refractivity contribution is 7.86. The fraction of sp³-hybridized carbons (Fsp3) is 0.900. The molecule has 1 heterocycles. The van der Waals surface area contributed by atoms with Crippen LogP contribution in [0, 0.1) is 5.92 Å². The average molecular weight is 278 g/mol. The van der Waals surface area contributed by atoms with E-state index in [0.717, 1.165) is 6.42 Å². The van der Waals surface area contributed by atoms with Crippen LogP contribution in [0.5, 0.6) is 0 Å². The van der Waals surface area contributed by atoms with Crippen LogP contribution < -0.4 is 10.9 Å². The number of carbonyl (C=O) groups excluding carboxylic acids is 1. The van der Waals surface area contributed by atoms with Crippen LogP contribution in [-0.2, 0) is 15.0 Å². The summed E-state index contributed by atoms with van der Waals surface area (Å²) >= 11 is 0. The first-order valence-corrected chi connectivity index (χ1v) is 7.60. The first-order valence-electron chi connectivity index (χ1n) is 6.10. The third kappa shape index (κ3) is 4.52. The van der Waals surface area contributed by atoms with Crippen molar-refractivity contribution in [1.82, 2.24) is 9.21 Å². The summed E-state index contributed by atoms with van der Waals surface area (Å²) in [6.45, 7) is 3.95. The number of rotatable bonds is 5. The minimum Gasteiger partial charge on any atom is -0.340 e. The van der Waals surface area contributed by atoms with Gasteiger partial charge in [-0.15, -0.1) is 0 Å². The van der Waals surface area contributed by atoms with Crippen molar-refractivity contribution in [3.8, 4) is 0 Å². The number of nitrogens with zero attached hydrogens (tertiary/aromatic N) is 2. The molecule has 1 aliphatic rings. The third-order valence-corrected chi connectivity index (χ3v) is 4.29. The van der Waals surface area contributed by atoms with E-state index in [1.54, 1.807) is 4.90 Å². The number of piperazine rings is 1. The maximum Gasteiger partial charge on any atom is 0.277 e. The highest BCUT2D eigenvalue weighted by Gasteiger charge is 2.26. The van der Waals surface area contributed by atoms with Crippen molar-refractivity contribution in [3.05, 3.63) is 0 Å². The molecule has 106 valence electrons. The van der Waals surface area contributed by atoms with Gasteiger partial charge in [0.2, 0.25) is 5.91 Å². The minimum absolute atomic E-state index is 0.0596. The van der Waals surface area contributed by atoms with Gasteiger partial charge in [0, 0.05) is 32.6 Å². The second-order valence-corrected chi connectivity index (χ2v) is 6.25. The zero-order valence-electron chi connectivity index (χ0n) is 10.7. The number of hydrogen-bond acceptors (Lipinski definition) is 4. The molecule has 1 fully saturated rings. The average Bonchev–Trinajstić information content (AvgIpc) is 2.34. The molecule has 0 aromatic rings. The van der Waals surface area contributed by atoms with Crippen LogP contribution in [0.4, 0.5) is 0 Å². The van der Waals surface area contributed by atoms with E-state index in [-0.39, 0.29) is 19.0 Å². The van der Waals surface area contributed by atoms with E-state index in [1.807, 2.05) is 6.92 Å². The Kier molecular flexibility index (Phi) is 5.51. The molecular formula is C10H22N4O3S. The molecule has 1 unspecified atom stereocenters. The zero-order valence-corrected chi connectivity index (χ0v) is 11.5. The Hall–Kier alpha value is -0.700. The molecule has 1 aliphatic heterocycles. The number of carbonyl (C=O) groups is 1. The fourth-order valence-corrected chi connectivity index (χ4v) is 2.51. The maximum absolute atomic E-state index is 11.9. The van der Waals surface area contributed by atoms with Crippen LogP contribution in [0.2, 0.25) is 0 Å². The van der Waals surface area contributed by atoms with Crippen molar-refractivity contribution in [1.29, 1.82) is 0 Å².